The fourth-order valence-corrected chi connectivity index (χ4v) is 3.19. The van der Waals surface area contributed by atoms with E-state index in [0.29, 0.717) is 24.1 Å². The third kappa shape index (κ3) is 1.92. The Labute approximate surface area is 91.5 Å². The molecular weight excluding hydrogens is 194 g/mol. The first-order chi connectivity index (χ1) is 6.83. The summed E-state index contributed by atoms with van der Waals surface area (Å²) in [6.45, 7) is 0.994. The van der Waals surface area contributed by atoms with Gasteiger partial charge in [0.05, 0.1) is 0 Å². The maximum Gasteiger partial charge on any atom is 0.223 e. The zero-order valence-corrected chi connectivity index (χ0v) is 9.51. The van der Waals surface area contributed by atoms with Crippen LogP contribution in [-0.2, 0) is 4.79 Å². The number of rotatable bonds is 2. The second-order valence-corrected chi connectivity index (χ2v) is 4.91. The summed E-state index contributed by atoms with van der Waals surface area (Å²) >= 11 is 4.13. The molecule has 2 atom stereocenters. The average Bonchev–Trinajstić information content (AvgIpc) is 2.65. The highest BCUT2D eigenvalue weighted by atomic mass is 32.1. The standard InChI is InChI=1S/C11H19NOS/c13-11(6-8-14)12-7-2-4-9-3-1-5-10(9)12/h9-10,14H,1-8H2. The van der Waals surface area contributed by atoms with Crippen LogP contribution in [0.25, 0.3) is 0 Å². The van der Waals surface area contributed by atoms with Crippen LogP contribution < -0.4 is 0 Å². The number of hydrogen-bond donors (Lipinski definition) is 1. The van der Waals surface area contributed by atoms with Gasteiger partial charge in [0, 0.05) is 19.0 Å². The molecule has 0 aromatic rings. The van der Waals surface area contributed by atoms with E-state index in [2.05, 4.69) is 17.5 Å². The van der Waals surface area contributed by atoms with E-state index in [4.69, 9.17) is 0 Å². The molecule has 0 spiro atoms. The summed E-state index contributed by atoms with van der Waals surface area (Å²) in [5, 5.41) is 0. The minimum Gasteiger partial charge on any atom is -0.339 e. The zero-order chi connectivity index (χ0) is 9.97. The van der Waals surface area contributed by atoms with Gasteiger partial charge in [-0.15, -0.1) is 0 Å². The number of carbonyl (C=O) groups excluding carboxylic acids is 1. The van der Waals surface area contributed by atoms with E-state index in [9.17, 15) is 4.79 Å². The van der Waals surface area contributed by atoms with E-state index >= 15 is 0 Å². The van der Waals surface area contributed by atoms with Crippen molar-refractivity contribution in [1.29, 1.82) is 0 Å². The van der Waals surface area contributed by atoms with Gasteiger partial charge in [-0.2, -0.15) is 12.6 Å². The van der Waals surface area contributed by atoms with Gasteiger partial charge < -0.3 is 4.90 Å². The lowest BCUT2D eigenvalue weighted by Crippen LogP contribution is -2.46. The van der Waals surface area contributed by atoms with Gasteiger partial charge in [-0.1, -0.05) is 6.42 Å². The first-order valence-electron chi connectivity index (χ1n) is 5.73. The predicted octanol–water partition coefficient (Wildman–Crippen LogP) is 2.10. The van der Waals surface area contributed by atoms with Crippen LogP contribution in [0.3, 0.4) is 0 Å². The molecule has 0 bridgehead atoms. The quantitative estimate of drug-likeness (QED) is 0.697. The molecule has 1 aliphatic carbocycles. The highest BCUT2D eigenvalue weighted by Crippen LogP contribution is 2.36. The lowest BCUT2D eigenvalue weighted by molar-refractivity contribution is -0.135. The van der Waals surface area contributed by atoms with Crippen LogP contribution in [0.5, 0.6) is 0 Å². The summed E-state index contributed by atoms with van der Waals surface area (Å²) in [7, 11) is 0. The lowest BCUT2D eigenvalue weighted by Gasteiger charge is -2.37. The van der Waals surface area contributed by atoms with E-state index in [-0.39, 0.29) is 0 Å². The first kappa shape index (κ1) is 10.3. The number of fused-ring (bicyclic) bond motifs is 1. The topological polar surface area (TPSA) is 20.3 Å². The largest absolute Gasteiger partial charge is 0.339 e. The van der Waals surface area contributed by atoms with Gasteiger partial charge >= 0.3 is 0 Å². The normalized spacial score (nSPS) is 31.6. The Bertz CT molecular complexity index is 219. The summed E-state index contributed by atoms with van der Waals surface area (Å²) in [6.07, 6.45) is 7.07. The highest BCUT2D eigenvalue weighted by molar-refractivity contribution is 7.80. The number of likely N-dealkylation sites (tertiary alicyclic amines) is 1. The third-order valence-electron chi connectivity index (χ3n) is 3.64. The van der Waals surface area contributed by atoms with Crippen molar-refractivity contribution in [3.8, 4) is 0 Å². The maximum absolute atomic E-state index is 11.8. The molecule has 2 aliphatic rings. The predicted molar refractivity (Wildman–Crippen MR) is 60.5 cm³/mol. The van der Waals surface area contributed by atoms with Gasteiger partial charge in [0.1, 0.15) is 0 Å². The molecule has 1 saturated heterocycles. The first-order valence-corrected chi connectivity index (χ1v) is 6.36. The van der Waals surface area contributed by atoms with Gasteiger partial charge in [-0.3, -0.25) is 4.79 Å². The third-order valence-corrected chi connectivity index (χ3v) is 3.86. The molecule has 14 heavy (non-hydrogen) atoms. The average molecular weight is 213 g/mol. The van der Waals surface area contributed by atoms with E-state index < -0.39 is 0 Å². The van der Waals surface area contributed by atoms with Crippen molar-refractivity contribution in [2.24, 2.45) is 5.92 Å². The van der Waals surface area contributed by atoms with Crippen molar-refractivity contribution in [3.63, 3.8) is 0 Å². The fourth-order valence-electron chi connectivity index (χ4n) is 3.00. The molecule has 0 N–H and O–H groups in total. The summed E-state index contributed by atoms with van der Waals surface area (Å²) in [5.74, 6) is 1.83. The Morgan fingerprint density at radius 1 is 1.29 bits per heavy atom. The van der Waals surface area contributed by atoms with Crippen LogP contribution in [0.4, 0.5) is 0 Å². The molecule has 2 unspecified atom stereocenters. The number of hydrogen-bond acceptors (Lipinski definition) is 2. The van der Waals surface area contributed by atoms with Crippen molar-refractivity contribution < 1.29 is 4.79 Å². The van der Waals surface area contributed by atoms with Crippen molar-refractivity contribution in [2.75, 3.05) is 12.3 Å². The Hall–Kier alpha value is -0.180. The van der Waals surface area contributed by atoms with Gasteiger partial charge in [-0.05, 0) is 37.4 Å². The summed E-state index contributed by atoms with van der Waals surface area (Å²) in [4.78, 5) is 14.0. The monoisotopic (exact) mass is 213 g/mol. The van der Waals surface area contributed by atoms with Crippen LogP contribution in [0.15, 0.2) is 0 Å². The summed E-state index contributed by atoms with van der Waals surface area (Å²) < 4.78 is 0. The SMILES string of the molecule is O=C(CCS)N1CCCC2CCCC21. The number of nitrogens with zero attached hydrogens (tertiary/aromatic N) is 1. The van der Waals surface area contributed by atoms with Crippen molar-refractivity contribution in [1.82, 2.24) is 4.90 Å². The maximum atomic E-state index is 11.8. The van der Waals surface area contributed by atoms with Crippen LogP contribution in [-0.4, -0.2) is 29.1 Å². The van der Waals surface area contributed by atoms with E-state index in [1.54, 1.807) is 0 Å². The molecule has 3 heteroatoms. The second kappa shape index (κ2) is 4.56. The van der Waals surface area contributed by atoms with E-state index in [0.717, 1.165) is 12.5 Å². The minimum atomic E-state index is 0.330. The second-order valence-electron chi connectivity index (χ2n) is 4.46. The Morgan fingerprint density at radius 2 is 2.07 bits per heavy atom. The molecule has 1 aliphatic heterocycles. The molecule has 1 heterocycles. The molecule has 0 aromatic carbocycles. The van der Waals surface area contributed by atoms with Crippen molar-refractivity contribution in [3.05, 3.63) is 0 Å². The van der Waals surface area contributed by atoms with Gasteiger partial charge in [-0.25, -0.2) is 0 Å². The van der Waals surface area contributed by atoms with Gasteiger partial charge in [0.25, 0.3) is 0 Å². The zero-order valence-electron chi connectivity index (χ0n) is 8.61. The number of carbonyl (C=O) groups is 1. The Morgan fingerprint density at radius 3 is 2.86 bits per heavy atom. The van der Waals surface area contributed by atoms with E-state index in [1.165, 1.54) is 32.1 Å². The number of thiol groups is 1. The minimum absolute atomic E-state index is 0.330. The van der Waals surface area contributed by atoms with Crippen LogP contribution in [0.1, 0.15) is 38.5 Å². The molecule has 2 fully saturated rings. The molecule has 0 aromatic heterocycles. The van der Waals surface area contributed by atoms with Crippen LogP contribution in [0, 0.1) is 5.92 Å². The molecule has 2 nitrogen and oxygen atoms in total. The Balaban J connectivity index is 1.99. The van der Waals surface area contributed by atoms with Crippen molar-refractivity contribution in [2.45, 2.75) is 44.6 Å². The molecule has 80 valence electrons. The van der Waals surface area contributed by atoms with Gasteiger partial charge in [0.2, 0.25) is 5.91 Å². The highest BCUT2D eigenvalue weighted by Gasteiger charge is 2.36. The smallest absolute Gasteiger partial charge is 0.223 e. The fraction of sp³-hybridized carbons (Fsp3) is 0.909. The number of amides is 1. The summed E-state index contributed by atoms with van der Waals surface area (Å²) in [5.41, 5.74) is 0. The molecule has 0 radical (unpaired) electrons. The van der Waals surface area contributed by atoms with Crippen molar-refractivity contribution >= 4 is 18.5 Å². The molecular formula is C11H19NOS. The molecule has 1 amide bonds. The van der Waals surface area contributed by atoms with Gasteiger partial charge in [0.15, 0.2) is 0 Å². The van der Waals surface area contributed by atoms with Crippen LogP contribution in [0.2, 0.25) is 0 Å². The lowest BCUT2D eigenvalue weighted by atomic mass is 9.92. The molecule has 2 rings (SSSR count). The number of piperidine rings is 1. The summed E-state index contributed by atoms with van der Waals surface area (Å²) in [6, 6.07) is 0.580. The van der Waals surface area contributed by atoms with E-state index in [1.807, 2.05) is 0 Å². The van der Waals surface area contributed by atoms with Crippen LogP contribution >= 0.6 is 12.6 Å². The Kier molecular flexibility index (Phi) is 3.37. The molecule has 1 saturated carbocycles.